The molecule has 1 aromatic heterocycles. The van der Waals surface area contributed by atoms with Gasteiger partial charge in [-0.05, 0) is 31.7 Å². The summed E-state index contributed by atoms with van der Waals surface area (Å²) >= 11 is 2.80. The minimum Gasteiger partial charge on any atom is -0.481 e. The van der Waals surface area contributed by atoms with Crippen LogP contribution >= 0.6 is 23.5 Å². The molecule has 2 fully saturated rings. The second kappa shape index (κ2) is 11.4. The number of rotatable bonds is 6. The van der Waals surface area contributed by atoms with E-state index in [1.165, 1.54) is 62.0 Å². The highest BCUT2D eigenvalue weighted by molar-refractivity contribution is 8.25. The SMILES string of the molecule is O=C(O)CC1N=C(NC(=O)N(C2CCCCC2)C2CCCCC2)SC1Sc1ncccn1. The third-order valence-corrected chi connectivity index (χ3v) is 8.88. The monoisotopic (exact) mass is 477 g/mol. The minimum absolute atomic E-state index is 0.0780. The number of nitrogens with one attached hydrogen (secondary N) is 1. The number of carboxylic acids is 1. The standard InChI is InChI=1S/C22H31N5O3S2/c28-18(29)14-17-19(31-20-23-12-7-13-24-20)32-21(25-17)26-22(30)27(15-8-3-1-4-9-15)16-10-5-2-6-11-16/h7,12-13,15-17,19H,1-6,8-11,14H2,(H,28,29)(H,25,26,30). The van der Waals surface area contributed by atoms with Crippen molar-refractivity contribution in [3.63, 3.8) is 0 Å². The molecule has 0 spiro atoms. The van der Waals surface area contributed by atoms with Gasteiger partial charge >= 0.3 is 12.0 Å². The number of carbonyl (C=O) groups is 2. The maximum absolute atomic E-state index is 13.5. The topological polar surface area (TPSA) is 108 Å². The van der Waals surface area contributed by atoms with Gasteiger partial charge in [-0.3, -0.25) is 15.1 Å². The Kier molecular flexibility index (Phi) is 8.29. The van der Waals surface area contributed by atoms with Crippen LogP contribution in [0, 0.1) is 0 Å². The molecular weight excluding hydrogens is 446 g/mol. The van der Waals surface area contributed by atoms with Crippen LogP contribution in [0.3, 0.4) is 0 Å². The highest BCUT2D eigenvalue weighted by atomic mass is 32.2. The maximum Gasteiger partial charge on any atom is 0.323 e. The minimum atomic E-state index is -0.905. The molecule has 4 rings (SSSR count). The van der Waals surface area contributed by atoms with E-state index in [2.05, 4.69) is 25.2 Å². The molecule has 2 aliphatic carbocycles. The quantitative estimate of drug-likeness (QED) is 0.580. The predicted octanol–water partition coefficient (Wildman–Crippen LogP) is 4.52. The van der Waals surface area contributed by atoms with Crippen LogP contribution in [0.25, 0.3) is 0 Å². The van der Waals surface area contributed by atoms with Crippen LogP contribution in [0.4, 0.5) is 4.79 Å². The Bertz CT molecular complexity index is 795. The molecule has 2 N–H and O–H groups in total. The summed E-state index contributed by atoms with van der Waals surface area (Å²) in [5, 5.41) is 13.5. The molecule has 0 radical (unpaired) electrons. The van der Waals surface area contributed by atoms with E-state index in [-0.39, 0.29) is 29.1 Å². The van der Waals surface area contributed by atoms with Crippen molar-refractivity contribution in [3.8, 4) is 0 Å². The molecule has 0 saturated heterocycles. The Balaban J connectivity index is 1.45. The van der Waals surface area contributed by atoms with Gasteiger partial charge in [-0.15, -0.1) is 0 Å². The predicted molar refractivity (Wildman–Crippen MR) is 127 cm³/mol. The van der Waals surface area contributed by atoms with E-state index < -0.39 is 12.0 Å². The van der Waals surface area contributed by atoms with E-state index in [0.717, 1.165) is 25.7 Å². The van der Waals surface area contributed by atoms with Gasteiger partial charge < -0.3 is 10.0 Å². The number of nitrogens with zero attached hydrogens (tertiary/aromatic N) is 4. The zero-order valence-electron chi connectivity index (χ0n) is 18.2. The van der Waals surface area contributed by atoms with E-state index in [4.69, 9.17) is 0 Å². The number of urea groups is 1. The van der Waals surface area contributed by atoms with Crippen molar-refractivity contribution in [3.05, 3.63) is 18.5 Å². The number of aromatic nitrogens is 2. The zero-order chi connectivity index (χ0) is 22.3. The van der Waals surface area contributed by atoms with Crippen molar-refractivity contribution in [2.75, 3.05) is 0 Å². The Morgan fingerprint density at radius 2 is 1.62 bits per heavy atom. The molecule has 2 amide bonds. The molecule has 2 saturated carbocycles. The zero-order valence-corrected chi connectivity index (χ0v) is 19.8. The summed E-state index contributed by atoms with van der Waals surface area (Å²) < 4.78 is -0.193. The van der Waals surface area contributed by atoms with Gasteiger partial charge in [0.15, 0.2) is 10.3 Å². The number of carbonyl (C=O) groups excluding carboxylic acids is 1. The van der Waals surface area contributed by atoms with Crippen LogP contribution in [-0.2, 0) is 4.79 Å². The van der Waals surface area contributed by atoms with Crippen LogP contribution in [0.15, 0.2) is 28.6 Å². The van der Waals surface area contributed by atoms with E-state index >= 15 is 0 Å². The van der Waals surface area contributed by atoms with Gasteiger partial charge in [-0.2, -0.15) is 0 Å². The van der Waals surface area contributed by atoms with Crippen molar-refractivity contribution in [1.29, 1.82) is 0 Å². The number of hydrogen-bond acceptors (Lipinski definition) is 7. The van der Waals surface area contributed by atoms with Crippen molar-refractivity contribution in [2.24, 2.45) is 4.99 Å². The molecule has 2 atom stereocenters. The lowest BCUT2D eigenvalue weighted by molar-refractivity contribution is -0.137. The molecule has 8 nitrogen and oxygen atoms in total. The Hall–Kier alpha value is -1.81. The molecule has 3 aliphatic rings. The van der Waals surface area contributed by atoms with E-state index in [1.807, 2.05) is 0 Å². The first-order valence-electron chi connectivity index (χ1n) is 11.6. The average molecular weight is 478 g/mol. The first-order valence-corrected chi connectivity index (χ1v) is 13.4. The fourth-order valence-electron chi connectivity index (χ4n) is 4.87. The van der Waals surface area contributed by atoms with E-state index in [1.54, 1.807) is 18.5 Å². The third-order valence-electron chi connectivity index (χ3n) is 6.36. The lowest BCUT2D eigenvalue weighted by atomic mass is 9.89. The summed E-state index contributed by atoms with van der Waals surface area (Å²) in [6.45, 7) is 0. The van der Waals surface area contributed by atoms with Crippen molar-refractivity contribution in [2.45, 2.75) is 98.5 Å². The Morgan fingerprint density at radius 3 is 2.19 bits per heavy atom. The molecule has 2 heterocycles. The molecule has 174 valence electrons. The maximum atomic E-state index is 13.5. The normalized spacial score (nSPS) is 24.7. The average Bonchev–Trinajstić information content (AvgIpc) is 3.15. The van der Waals surface area contributed by atoms with Gasteiger partial charge in [0.05, 0.1) is 17.0 Å². The number of amidine groups is 1. The van der Waals surface area contributed by atoms with Crippen LogP contribution in [0.2, 0.25) is 0 Å². The summed E-state index contributed by atoms with van der Waals surface area (Å²) in [5.41, 5.74) is 0. The number of aliphatic carboxylic acids is 1. The van der Waals surface area contributed by atoms with Gasteiger partial charge in [-0.25, -0.2) is 14.8 Å². The van der Waals surface area contributed by atoms with E-state index in [0.29, 0.717) is 10.3 Å². The fraction of sp³-hybridized carbons (Fsp3) is 0.682. The molecule has 10 heteroatoms. The molecule has 1 aliphatic heterocycles. The number of carboxylic acid groups (broad SMARTS) is 1. The van der Waals surface area contributed by atoms with Gasteiger partial charge in [0.2, 0.25) is 0 Å². The van der Waals surface area contributed by atoms with Gasteiger partial charge in [0.1, 0.15) is 0 Å². The van der Waals surface area contributed by atoms with Crippen molar-refractivity contribution >= 4 is 40.7 Å². The summed E-state index contributed by atoms with van der Waals surface area (Å²) in [6, 6.07) is 1.80. The summed E-state index contributed by atoms with van der Waals surface area (Å²) in [7, 11) is 0. The summed E-state index contributed by atoms with van der Waals surface area (Å²) in [6.07, 6.45) is 14.7. The lowest BCUT2D eigenvalue weighted by Gasteiger charge is -2.41. The fourth-order valence-corrected chi connectivity index (χ4v) is 7.24. The van der Waals surface area contributed by atoms with Crippen LogP contribution in [-0.4, -0.2) is 59.8 Å². The van der Waals surface area contributed by atoms with Gasteiger partial charge in [0, 0.05) is 24.5 Å². The molecule has 2 unspecified atom stereocenters. The Labute approximate surface area is 197 Å². The molecule has 0 bridgehead atoms. The molecule has 0 aromatic carbocycles. The largest absolute Gasteiger partial charge is 0.481 e. The summed E-state index contributed by atoms with van der Waals surface area (Å²) in [4.78, 5) is 40.0. The molecular formula is C22H31N5O3S2. The first-order chi connectivity index (χ1) is 15.6. The van der Waals surface area contributed by atoms with Gasteiger partial charge in [-0.1, -0.05) is 62.0 Å². The number of aliphatic imine (C=N–C) groups is 1. The van der Waals surface area contributed by atoms with Crippen molar-refractivity contribution < 1.29 is 14.7 Å². The first kappa shape index (κ1) is 23.4. The molecule has 1 aromatic rings. The highest BCUT2D eigenvalue weighted by Gasteiger charge is 2.37. The van der Waals surface area contributed by atoms with Gasteiger partial charge in [0.25, 0.3) is 0 Å². The molecule has 32 heavy (non-hydrogen) atoms. The Morgan fingerprint density at radius 1 is 1.03 bits per heavy atom. The highest BCUT2D eigenvalue weighted by Crippen LogP contribution is 2.39. The van der Waals surface area contributed by atoms with Crippen LogP contribution in [0.5, 0.6) is 0 Å². The second-order valence-electron chi connectivity index (χ2n) is 8.66. The van der Waals surface area contributed by atoms with Crippen molar-refractivity contribution in [1.82, 2.24) is 20.2 Å². The number of thioether (sulfide) groups is 2. The number of amides is 2. The summed E-state index contributed by atoms with van der Waals surface area (Å²) in [5.74, 6) is -0.905. The lowest BCUT2D eigenvalue weighted by Crippen LogP contribution is -2.53. The third kappa shape index (κ3) is 6.15. The van der Waals surface area contributed by atoms with Crippen LogP contribution < -0.4 is 5.32 Å². The second-order valence-corrected chi connectivity index (χ2v) is 11.2. The van der Waals surface area contributed by atoms with E-state index in [9.17, 15) is 14.7 Å². The van der Waals surface area contributed by atoms with Crippen LogP contribution in [0.1, 0.15) is 70.6 Å². The number of hydrogen-bond donors (Lipinski definition) is 2. The smallest absolute Gasteiger partial charge is 0.323 e.